The van der Waals surface area contributed by atoms with Crippen molar-refractivity contribution in [1.29, 1.82) is 0 Å². The summed E-state index contributed by atoms with van der Waals surface area (Å²) in [5.41, 5.74) is 0.416. The molecule has 21 heavy (non-hydrogen) atoms. The standard InChI is InChI=1S/C15H18N2O4/c1-4-5-13-16-9-6-11-12(21-8-20-11)7-10(9)17(13)15(2,3)14(18)19/h6-7H,4-5,8H2,1-3H3,(H,18,19). The van der Waals surface area contributed by atoms with E-state index in [1.807, 2.05) is 19.1 Å². The third-order valence-electron chi connectivity index (χ3n) is 3.77. The van der Waals surface area contributed by atoms with Crippen molar-refractivity contribution in [2.45, 2.75) is 39.2 Å². The molecule has 0 radical (unpaired) electrons. The first-order valence-corrected chi connectivity index (χ1v) is 7.00. The molecule has 0 fully saturated rings. The lowest BCUT2D eigenvalue weighted by Crippen LogP contribution is -2.36. The van der Waals surface area contributed by atoms with Crippen LogP contribution in [-0.2, 0) is 16.8 Å². The third kappa shape index (κ3) is 2.02. The molecule has 0 spiro atoms. The van der Waals surface area contributed by atoms with Gasteiger partial charge in [-0.25, -0.2) is 9.78 Å². The highest BCUT2D eigenvalue weighted by Crippen LogP contribution is 2.38. The van der Waals surface area contributed by atoms with Crippen LogP contribution < -0.4 is 9.47 Å². The molecule has 1 aromatic carbocycles. The van der Waals surface area contributed by atoms with E-state index < -0.39 is 11.5 Å². The minimum absolute atomic E-state index is 0.187. The molecule has 6 nitrogen and oxygen atoms in total. The summed E-state index contributed by atoms with van der Waals surface area (Å²) < 4.78 is 12.5. The molecule has 2 aromatic rings. The molecule has 0 saturated carbocycles. The Morgan fingerprint density at radius 1 is 1.38 bits per heavy atom. The first kappa shape index (κ1) is 13.7. The summed E-state index contributed by atoms with van der Waals surface area (Å²) in [5, 5.41) is 9.55. The second kappa shape index (κ2) is 4.65. The Morgan fingerprint density at radius 2 is 2.05 bits per heavy atom. The third-order valence-corrected chi connectivity index (χ3v) is 3.77. The first-order valence-electron chi connectivity index (χ1n) is 7.00. The monoisotopic (exact) mass is 290 g/mol. The van der Waals surface area contributed by atoms with Gasteiger partial charge in [0.05, 0.1) is 11.0 Å². The maximum Gasteiger partial charge on any atom is 0.329 e. The number of fused-ring (bicyclic) bond motifs is 2. The Kier molecular flexibility index (Phi) is 3.04. The Bertz CT molecular complexity index is 718. The normalized spacial score (nSPS) is 13.9. The molecule has 0 unspecified atom stereocenters. The fourth-order valence-corrected chi connectivity index (χ4v) is 2.63. The van der Waals surface area contributed by atoms with Gasteiger partial charge in [-0.05, 0) is 20.3 Å². The molecule has 0 aliphatic carbocycles. The molecule has 1 aliphatic heterocycles. The van der Waals surface area contributed by atoms with Crippen molar-refractivity contribution < 1.29 is 19.4 Å². The van der Waals surface area contributed by atoms with Gasteiger partial charge in [0.2, 0.25) is 6.79 Å². The lowest BCUT2D eigenvalue weighted by Gasteiger charge is -2.24. The molecule has 3 rings (SSSR count). The van der Waals surface area contributed by atoms with Gasteiger partial charge < -0.3 is 19.1 Å². The van der Waals surface area contributed by atoms with E-state index in [9.17, 15) is 9.90 Å². The van der Waals surface area contributed by atoms with Crippen molar-refractivity contribution in [1.82, 2.24) is 9.55 Å². The molecule has 1 aliphatic rings. The maximum absolute atomic E-state index is 11.6. The number of aliphatic carboxylic acids is 1. The van der Waals surface area contributed by atoms with Gasteiger partial charge in [0.1, 0.15) is 11.4 Å². The number of benzene rings is 1. The zero-order valence-electron chi connectivity index (χ0n) is 12.3. The van der Waals surface area contributed by atoms with Crippen LogP contribution in [-0.4, -0.2) is 27.4 Å². The van der Waals surface area contributed by atoms with Gasteiger partial charge in [0.25, 0.3) is 0 Å². The molecule has 0 bridgehead atoms. The number of rotatable bonds is 4. The number of aryl methyl sites for hydroxylation is 1. The summed E-state index contributed by atoms with van der Waals surface area (Å²) in [6.45, 7) is 5.59. The predicted octanol–water partition coefficient (Wildman–Crippen LogP) is 2.54. The number of hydrogen-bond acceptors (Lipinski definition) is 4. The van der Waals surface area contributed by atoms with Crippen LogP contribution >= 0.6 is 0 Å². The Hall–Kier alpha value is -2.24. The molecule has 1 N–H and O–H groups in total. The van der Waals surface area contributed by atoms with Gasteiger partial charge in [-0.1, -0.05) is 6.92 Å². The van der Waals surface area contributed by atoms with Crippen LogP contribution in [0.25, 0.3) is 11.0 Å². The molecule has 0 atom stereocenters. The minimum Gasteiger partial charge on any atom is -0.480 e. The molecule has 2 heterocycles. The lowest BCUT2D eigenvalue weighted by atomic mass is 10.0. The van der Waals surface area contributed by atoms with E-state index >= 15 is 0 Å². The molecule has 0 saturated heterocycles. The highest BCUT2D eigenvalue weighted by molar-refractivity contribution is 5.85. The van der Waals surface area contributed by atoms with Crippen LogP contribution in [0.2, 0.25) is 0 Å². The molecule has 1 aromatic heterocycles. The fourth-order valence-electron chi connectivity index (χ4n) is 2.63. The van der Waals surface area contributed by atoms with Crippen molar-refractivity contribution in [3.05, 3.63) is 18.0 Å². The van der Waals surface area contributed by atoms with Gasteiger partial charge in [0.15, 0.2) is 11.5 Å². The van der Waals surface area contributed by atoms with Gasteiger partial charge in [-0.3, -0.25) is 0 Å². The van der Waals surface area contributed by atoms with Gasteiger partial charge in [0, 0.05) is 18.6 Å². The topological polar surface area (TPSA) is 73.6 Å². The van der Waals surface area contributed by atoms with Gasteiger partial charge >= 0.3 is 5.97 Å². The number of carboxylic acids is 1. The Morgan fingerprint density at radius 3 is 2.67 bits per heavy atom. The maximum atomic E-state index is 11.6. The SMILES string of the molecule is CCCc1nc2cc3c(cc2n1C(C)(C)C(=O)O)OCO3. The van der Waals surface area contributed by atoms with Gasteiger partial charge in [-0.2, -0.15) is 0 Å². The Labute approximate surface area is 122 Å². The summed E-state index contributed by atoms with van der Waals surface area (Å²) in [5.74, 6) is 1.16. The first-order chi connectivity index (χ1) is 9.95. The van der Waals surface area contributed by atoms with Crippen molar-refractivity contribution >= 4 is 17.0 Å². The zero-order chi connectivity index (χ0) is 15.2. The molecular weight excluding hydrogens is 272 g/mol. The Balaban J connectivity index is 2.28. The number of aromatic nitrogens is 2. The zero-order valence-corrected chi connectivity index (χ0v) is 12.3. The van der Waals surface area contributed by atoms with Crippen molar-refractivity contribution in [2.75, 3.05) is 6.79 Å². The highest BCUT2D eigenvalue weighted by Gasteiger charge is 2.34. The van der Waals surface area contributed by atoms with Crippen LogP contribution in [0.3, 0.4) is 0 Å². The van der Waals surface area contributed by atoms with Crippen LogP contribution in [0.4, 0.5) is 0 Å². The van der Waals surface area contributed by atoms with Crippen LogP contribution in [0.15, 0.2) is 12.1 Å². The molecular formula is C15H18N2O4. The number of hydrogen-bond donors (Lipinski definition) is 1. The van der Waals surface area contributed by atoms with E-state index in [1.54, 1.807) is 18.4 Å². The second-order valence-corrected chi connectivity index (χ2v) is 5.67. The summed E-state index contributed by atoms with van der Waals surface area (Å²) >= 11 is 0. The van der Waals surface area contributed by atoms with E-state index in [2.05, 4.69) is 4.98 Å². The molecule has 112 valence electrons. The van der Waals surface area contributed by atoms with Crippen LogP contribution in [0.1, 0.15) is 33.0 Å². The van der Waals surface area contributed by atoms with Crippen LogP contribution in [0, 0.1) is 0 Å². The number of carbonyl (C=O) groups is 1. The van der Waals surface area contributed by atoms with Crippen LogP contribution in [0.5, 0.6) is 11.5 Å². The lowest BCUT2D eigenvalue weighted by molar-refractivity contribution is -0.145. The number of carboxylic acid groups (broad SMARTS) is 1. The van der Waals surface area contributed by atoms with Crippen molar-refractivity contribution in [3.8, 4) is 11.5 Å². The predicted molar refractivity (Wildman–Crippen MR) is 76.8 cm³/mol. The summed E-state index contributed by atoms with van der Waals surface area (Å²) in [6.07, 6.45) is 1.61. The summed E-state index contributed by atoms with van der Waals surface area (Å²) in [6, 6.07) is 3.62. The average molecular weight is 290 g/mol. The number of imidazole rings is 1. The summed E-state index contributed by atoms with van der Waals surface area (Å²) in [7, 11) is 0. The van der Waals surface area contributed by atoms with E-state index in [0.29, 0.717) is 11.5 Å². The number of ether oxygens (including phenoxy) is 2. The minimum atomic E-state index is -1.08. The van der Waals surface area contributed by atoms with Crippen molar-refractivity contribution in [2.24, 2.45) is 0 Å². The quantitative estimate of drug-likeness (QED) is 0.936. The molecule has 0 amide bonds. The highest BCUT2D eigenvalue weighted by atomic mass is 16.7. The smallest absolute Gasteiger partial charge is 0.329 e. The fraction of sp³-hybridized carbons (Fsp3) is 0.467. The van der Waals surface area contributed by atoms with Crippen molar-refractivity contribution in [3.63, 3.8) is 0 Å². The van der Waals surface area contributed by atoms with Gasteiger partial charge in [-0.15, -0.1) is 0 Å². The van der Waals surface area contributed by atoms with E-state index in [1.165, 1.54) is 0 Å². The van der Waals surface area contributed by atoms with E-state index in [4.69, 9.17) is 9.47 Å². The number of nitrogens with zero attached hydrogens (tertiary/aromatic N) is 2. The van der Waals surface area contributed by atoms with E-state index in [0.717, 1.165) is 29.7 Å². The average Bonchev–Trinajstić information content (AvgIpc) is 2.98. The molecule has 6 heteroatoms. The second-order valence-electron chi connectivity index (χ2n) is 5.67. The largest absolute Gasteiger partial charge is 0.480 e. The van der Waals surface area contributed by atoms with E-state index in [-0.39, 0.29) is 6.79 Å². The summed E-state index contributed by atoms with van der Waals surface area (Å²) in [4.78, 5) is 16.2.